The maximum Gasteiger partial charge on any atom is 0.271 e. The smallest absolute Gasteiger partial charge is 0.271 e. The molecule has 8 rings (SSSR count). The first kappa shape index (κ1) is 37.9. The quantitative estimate of drug-likeness (QED) is 0.189. The Kier molecular flexibility index (Phi) is 11.3. The fourth-order valence-electron chi connectivity index (χ4n) is 7.02. The molecule has 3 aliphatic heterocycles. The van der Waals surface area contributed by atoms with Crippen LogP contribution in [0.4, 0.5) is 0 Å². The molecule has 13 nitrogen and oxygen atoms in total. The minimum atomic E-state index is -0.932. The van der Waals surface area contributed by atoms with Crippen LogP contribution in [0.3, 0.4) is 0 Å². The lowest BCUT2D eigenvalue weighted by molar-refractivity contribution is -0.137. The number of carbonyl (C=O) groups excluding carboxylic acids is 4. The number of aromatic nitrogens is 3. The number of thiazole rings is 3. The molecule has 5 atom stereocenters. The van der Waals surface area contributed by atoms with Crippen LogP contribution in [0.25, 0.3) is 0 Å². The average Bonchev–Trinajstić information content (AvgIpc) is 4.05. The number of thioether (sulfide) groups is 1. The summed E-state index contributed by atoms with van der Waals surface area (Å²) in [5, 5.41) is 27.1. The molecule has 4 N–H and O–H groups in total. The van der Waals surface area contributed by atoms with Gasteiger partial charge in [0.2, 0.25) is 11.8 Å². The predicted molar refractivity (Wildman–Crippen MR) is 218 cm³/mol. The van der Waals surface area contributed by atoms with Crippen molar-refractivity contribution >= 4 is 74.4 Å². The molecule has 6 heterocycles. The number of hydrogen-bond donors (Lipinski definition) is 4. The van der Waals surface area contributed by atoms with Gasteiger partial charge in [0.25, 0.3) is 11.8 Å². The molecule has 2 aromatic carbocycles. The minimum Gasteiger partial charge on any atom is -0.508 e. The van der Waals surface area contributed by atoms with Gasteiger partial charge in [0.05, 0.1) is 28.2 Å². The van der Waals surface area contributed by atoms with Gasteiger partial charge in [0.1, 0.15) is 39.2 Å². The molecule has 17 heteroatoms. The Bertz CT molecular complexity index is 2270. The fraction of sp³-hybridized carbons (Fsp3) is 0.333. The number of nitrogens with one attached hydrogen (secondary N) is 3. The van der Waals surface area contributed by atoms with Crippen LogP contribution in [0.1, 0.15) is 77.7 Å². The Morgan fingerprint density at radius 1 is 0.786 bits per heavy atom. The number of aryl methyl sites for hydroxylation is 1. The summed E-state index contributed by atoms with van der Waals surface area (Å²) in [6, 6.07) is 13.2. The summed E-state index contributed by atoms with van der Waals surface area (Å²) in [7, 11) is 0. The maximum absolute atomic E-state index is 14.5. The Morgan fingerprint density at radius 2 is 1.50 bits per heavy atom. The standard InChI is InChI=1S/C39H38N8O5S4/c1-21-17-54-36(40-21)26-16-32-41-28(18-53-32)33(49)42-25(14-22-6-3-2-4-7-22)37-45-29(19-55-37)35(51)44-27(15-23-9-11-24(48)12-10-23)39(52)47-13-5-8-31(47)38-46-30(20-56-38)34(50)43-26/h2-4,6-7,9-12,17-18,20,25-27,29,31,48H,5,8,13-16,19H2,1H3,(H,42,49)(H,43,50)(H,44,51). The third kappa shape index (κ3) is 8.55. The summed E-state index contributed by atoms with van der Waals surface area (Å²) < 4.78 is 0. The second kappa shape index (κ2) is 16.6. The Morgan fingerprint density at radius 3 is 2.29 bits per heavy atom. The van der Waals surface area contributed by atoms with Gasteiger partial charge in [-0.05, 0) is 49.4 Å². The highest BCUT2D eigenvalue weighted by atomic mass is 32.2. The summed E-state index contributed by atoms with van der Waals surface area (Å²) in [5.74, 6) is -0.978. The van der Waals surface area contributed by atoms with E-state index in [0.29, 0.717) is 51.6 Å². The van der Waals surface area contributed by atoms with Crippen molar-refractivity contribution in [2.75, 3.05) is 12.3 Å². The van der Waals surface area contributed by atoms with Gasteiger partial charge in [-0.2, -0.15) is 0 Å². The number of carbonyl (C=O) groups is 4. The van der Waals surface area contributed by atoms with Crippen LogP contribution in [0.5, 0.6) is 5.75 Å². The zero-order valence-electron chi connectivity index (χ0n) is 30.2. The van der Waals surface area contributed by atoms with E-state index in [1.165, 1.54) is 45.8 Å². The second-order valence-corrected chi connectivity index (χ2v) is 17.6. The molecule has 4 amide bonds. The number of hydrogen-bond acceptors (Lipinski definition) is 13. The third-order valence-electron chi connectivity index (χ3n) is 9.83. The van der Waals surface area contributed by atoms with Crippen molar-refractivity contribution < 1.29 is 24.3 Å². The largest absolute Gasteiger partial charge is 0.508 e. The summed E-state index contributed by atoms with van der Waals surface area (Å²) in [4.78, 5) is 76.8. The predicted octanol–water partition coefficient (Wildman–Crippen LogP) is 5.04. The van der Waals surface area contributed by atoms with E-state index in [9.17, 15) is 24.3 Å². The van der Waals surface area contributed by atoms with Gasteiger partial charge in [-0.1, -0.05) is 42.5 Å². The molecular formula is C39H38N8O5S4. The minimum absolute atomic E-state index is 0.0974. The lowest BCUT2D eigenvalue weighted by atomic mass is 10.0. The zero-order valence-corrected chi connectivity index (χ0v) is 33.5. The summed E-state index contributed by atoms with van der Waals surface area (Å²) in [5.41, 5.74) is 3.05. The molecule has 288 valence electrons. The van der Waals surface area contributed by atoms with E-state index >= 15 is 0 Å². The Balaban J connectivity index is 1.15. The molecule has 3 aliphatic rings. The van der Waals surface area contributed by atoms with Crippen molar-refractivity contribution in [2.24, 2.45) is 4.99 Å². The first-order valence-corrected chi connectivity index (χ1v) is 21.9. The monoisotopic (exact) mass is 826 g/mol. The molecule has 3 aromatic heterocycles. The highest BCUT2D eigenvalue weighted by Gasteiger charge is 2.39. The van der Waals surface area contributed by atoms with E-state index in [4.69, 9.17) is 9.98 Å². The highest BCUT2D eigenvalue weighted by Crippen LogP contribution is 2.35. The number of fused-ring (bicyclic) bond motifs is 7. The van der Waals surface area contributed by atoms with Gasteiger partial charge in [-0.3, -0.25) is 24.2 Å². The molecular weight excluding hydrogens is 789 g/mol. The van der Waals surface area contributed by atoms with Crippen LogP contribution in [-0.2, 0) is 28.9 Å². The van der Waals surface area contributed by atoms with Crippen molar-refractivity contribution in [3.63, 3.8) is 0 Å². The van der Waals surface area contributed by atoms with Crippen LogP contribution < -0.4 is 16.0 Å². The van der Waals surface area contributed by atoms with Gasteiger partial charge in [0, 0.05) is 47.0 Å². The van der Waals surface area contributed by atoms with Crippen molar-refractivity contribution in [3.8, 4) is 5.75 Å². The van der Waals surface area contributed by atoms with Gasteiger partial charge in [-0.25, -0.2) is 15.0 Å². The van der Waals surface area contributed by atoms with Gasteiger partial charge < -0.3 is 26.0 Å². The second-order valence-electron chi connectivity index (χ2n) is 13.9. The first-order valence-electron chi connectivity index (χ1n) is 18.2. The van der Waals surface area contributed by atoms with Gasteiger partial charge >= 0.3 is 0 Å². The van der Waals surface area contributed by atoms with E-state index in [0.717, 1.165) is 23.2 Å². The lowest BCUT2D eigenvalue weighted by Gasteiger charge is -2.29. The van der Waals surface area contributed by atoms with Crippen LogP contribution in [0.15, 0.2) is 75.7 Å². The number of phenols is 1. The van der Waals surface area contributed by atoms with E-state index in [1.54, 1.807) is 39.9 Å². The van der Waals surface area contributed by atoms with E-state index in [2.05, 4.69) is 25.9 Å². The molecule has 6 bridgehead atoms. The molecule has 0 radical (unpaired) electrons. The number of aromatic hydroxyl groups is 1. The molecule has 0 spiro atoms. The fourth-order valence-corrected chi connectivity index (χ4v) is 10.7. The summed E-state index contributed by atoms with van der Waals surface area (Å²) >= 11 is 5.51. The average molecular weight is 827 g/mol. The molecule has 1 fully saturated rings. The SMILES string of the molecule is Cc1csc(C2Cc3nc(cs3)C(=O)NC(Cc3ccccc3)C3=NC(CS3)C(=O)NC(Cc3ccc(O)cc3)C(=O)N3CCCC3c3nc(cs3)C(=O)N2)n1. The maximum atomic E-state index is 14.5. The van der Waals surface area contributed by atoms with Crippen LogP contribution in [-0.4, -0.2) is 84.1 Å². The summed E-state index contributed by atoms with van der Waals surface area (Å²) in [6.07, 6.45) is 2.34. The number of aliphatic imine (C=N–C) groups is 1. The van der Waals surface area contributed by atoms with Gasteiger partial charge in [0.15, 0.2) is 0 Å². The molecule has 5 unspecified atom stereocenters. The molecule has 0 saturated carbocycles. The summed E-state index contributed by atoms with van der Waals surface area (Å²) in [6.45, 7) is 2.36. The molecule has 1 saturated heterocycles. The number of phenolic OH excluding ortho intramolecular Hbond substituents is 1. The van der Waals surface area contributed by atoms with Crippen molar-refractivity contribution in [1.29, 1.82) is 0 Å². The van der Waals surface area contributed by atoms with Crippen LogP contribution in [0, 0.1) is 6.92 Å². The highest BCUT2D eigenvalue weighted by molar-refractivity contribution is 8.14. The zero-order chi connectivity index (χ0) is 38.8. The lowest BCUT2D eigenvalue weighted by Crippen LogP contribution is -2.51. The van der Waals surface area contributed by atoms with E-state index in [-0.39, 0.29) is 47.3 Å². The van der Waals surface area contributed by atoms with E-state index < -0.39 is 30.1 Å². The molecule has 0 aliphatic carbocycles. The van der Waals surface area contributed by atoms with E-state index in [1.807, 2.05) is 42.6 Å². The molecule has 56 heavy (non-hydrogen) atoms. The topological polar surface area (TPSA) is 179 Å². The third-order valence-corrected chi connectivity index (χ3v) is 13.9. The number of nitrogens with zero attached hydrogens (tertiary/aromatic N) is 5. The van der Waals surface area contributed by atoms with Crippen LogP contribution in [0.2, 0.25) is 0 Å². The van der Waals surface area contributed by atoms with Gasteiger partial charge in [-0.15, -0.1) is 45.8 Å². The molecule has 5 aromatic rings. The van der Waals surface area contributed by atoms with Crippen molar-refractivity contribution in [2.45, 2.75) is 69.2 Å². The van der Waals surface area contributed by atoms with Crippen molar-refractivity contribution in [3.05, 3.63) is 114 Å². The number of benzene rings is 2. The first-order chi connectivity index (χ1) is 27.2. The number of amides is 4. The Hall–Kier alpha value is -4.97. The number of rotatable bonds is 5. The van der Waals surface area contributed by atoms with Crippen LogP contribution >= 0.6 is 45.8 Å². The Labute approximate surface area is 339 Å². The van der Waals surface area contributed by atoms with Crippen molar-refractivity contribution in [1.82, 2.24) is 35.8 Å². The normalized spacial score (nSPS) is 23.3.